The van der Waals surface area contributed by atoms with E-state index in [9.17, 15) is 33.9 Å². The maximum atomic E-state index is 13.0. The summed E-state index contributed by atoms with van der Waals surface area (Å²) in [6, 6.07) is 0. The largest absolute Gasteiger partial charge is 1.00 e. The zero-order chi connectivity index (χ0) is 61.1. The second kappa shape index (κ2) is 56.3. The fraction of sp³-hybridized carbons (Fsp3) is 0.851. The van der Waals surface area contributed by atoms with E-state index in [-0.39, 0.29) is 92.4 Å². The number of aliphatic hydroxyl groups is 1. The van der Waals surface area contributed by atoms with Crippen molar-refractivity contribution in [2.24, 2.45) is 5.92 Å². The van der Waals surface area contributed by atoms with Crippen LogP contribution in [0.4, 0.5) is 0 Å². The number of ether oxygens (including phenoxy) is 6. The van der Waals surface area contributed by atoms with Crippen LogP contribution >= 0.6 is 0 Å². The number of rotatable bonds is 56. The number of aliphatic hydroxyl groups excluding tert-OH is 1. The summed E-state index contributed by atoms with van der Waals surface area (Å²) in [5.74, 6) is -1.67. The molecule has 0 rings (SSSR count). The fourth-order valence-electron chi connectivity index (χ4n) is 9.23. The first-order valence-corrected chi connectivity index (χ1v) is 32.9. The van der Waals surface area contributed by atoms with Crippen LogP contribution in [0.15, 0.2) is 24.3 Å². The molecular weight excluding hydrogens is 1110 g/mol. The zero-order valence-corrected chi connectivity index (χ0v) is 56.4. The Morgan fingerprint density at radius 3 is 1.17 bits per heavy atom. The van der Waals surface area contributed by atoms with Crippen LogP contribution in [-0.2, 0) is 57.2 Å². The van der Waals surface area contributed by atoms with E-state index < -0.39 is 24.5 Å². The lowest BCUT2D eigenvalue weighted by Crippen LogP contribution is -3.00. The summed E-state index contributed by atoms with van der Waals surface area (Å²) in [6.45, 7) is 10.8. The van der Waals surface area contributed by atoms with Crippen molar-refractivity contribution in [3.8, 4) is 0 Å². The molecule has 0 radical (unpaired) electrons. The molecule has 5 atom stereocenters. The van der Waals surface area contributed by atoms with Gasteiger partial charge in [0.1, 0.15) is 38.5 Å². The number of unbranched alkanes of at least 4 members (excludes halogenated alkanes) is 20. The normalized spacial score (nSPS) is 13.5. The van der Waals surface area contributed by atoms with Gasteiger partial charge in [-0.3, -0.25) is 28.8 Å². The van der Waals surface area contributed by atoms with Gasteiger partial charge < -0.3 is 67.3 Å². The molecule has 0 saturated heterocycles. The molecule has 0 heterocycles. The van der Waals surface area contributed by atoms with Crippen LogP contribution < -0.4 is 24.8 Å². The van der Waals surface area contributed by atoms with Crippen molar-refractivity contribution in [1.82, 2.24) is 0 Å². The van der Waals surface area contributed by atoms with Crippen molar-refractivity contribution in [1.29, 1.82) is 0 Å². The molecule has 1 N–H and O–H groups in total. The average molecular weight is 1240 g/mol. The van der Waals surface area contributed by atoms with E-state index in [0.29, 0.717) is 75.6 Å². The lowest BCUT2D eigenvalue weighted by molar-refractivity contribution is -0.870. The highest BCUT2D eigenvalue weighted by Crippen LogP contribution is 2.22. The van der Waals surface area contributed by atoms with Gasteiger partial charge in [-0.25, -0.2) is 0 Å². The van der Waals surface area contributed by atoms with E-state index in [0.717, 1.165) is 152 Å². The topological polar surface area (TPSA) is 178 Å². The molecule has 0 spiro atoms. The van der Waals surface area contributed by atoms with Crippen molar-refractivity contribution in [3.05, 3.63) is 24.3 Å². The number of allylic oxidation sites excluding steroid dienone is 3. The Morgan fingerprint density at radius 2 is 0.714 bits per heavy atom. The molecule has 84 heavy (non-hydrogen) atoms. The molecule has 0 amide bonds. The molecule has 5 unspecified atom stereocenters. The van der Waals surface area contributed by atoms with Gasteiger partial charge in [0.2, 0.25) is 6.29 Å². The summed E-state index contributed by atoms with van der Waals surface area (Å²) >= 11 is 0. The summed E-state index contributed by atoms with van der Waals surface area (Å²) in [6.07, 6.45) is 36.6. The predicted octanol–water partition coefficient (Wildman–Crippen LogP) is 8.72. The second-order valence-corrected chi connectivity index (χ2v) is 25.1. The van der Waals surface area contributed by atoms with Gasteiger partial charge in [-0.2, -0.15) is 0 Å². The molecule has 0 bridgehead atoms. The van der Waals surface area contributed by atoms with Gasteiger partial charge in [0, 0.05) is 44.9 Å². The first kappa shape index (κ1) is 85.0. The van der Waals surface area contributed by atoms with Gasteiger partial charge >= 0.3 is 35.8 Å². The van der Waals surface area contributed by atoms with Crippen LogP contribution in [0.1, 0.15) is 272 Å². The minimum absolute atomic E-state index is 0. The Hall–Kier alpha value is -3.24. The van der Waals surface area contributed by atoms with E-state index in [4.69, 9.17) is 28.4 Å². The van der Waals surface area contributed by atoms with Gasteiger partial charge in [0.15, 0.2) is 0 Å². The van der Waals surface area contributed by atoms with E-state index in [1.807, 2.05) is 48.4 Å². The Bertz CT molecular complexity index is 1590. The third kappa shape index (κ3) is 56.6. The quantitative estimate of drug-likeness (QED) is 0.0153. The molecule has 0 aliphatic heterocycles. The molecule has 0 aliphatic rings. The van der Waals surface area contributed by atoms with Crippen molar-refractivity contribution in [3.63, 3.8) is 0 Å². The number of hydrogen-bond donors (Lipinski definition) is 1. The highest BCUT2D eigenvalue weighted by Gasteiger charge is 2.24. The van der Waals surface area contributed by atoms with Crippen LogP contribution in [0.25, 0.3) is 0 Å². The summed E-state index contributed by atoms with van der Waals surface area (Å²) in [4.78, 5) is 75.5. The van der Waals surface area contributed by atoms with Gasteiger partial charge in [-0.1, -0.05) is 155 Å². The number of likely N-dealkylation sites (N-methyl/N-ethyl adjacent to an activating group) is 2. The van der Waals surface area contributed by atoms with Crippen LogP contribution in [0, 0.1) is 5.92 Å². The van der Waals surface area contributed by atoms with Crippen molar-refractivity contribution in [2.75, 3.05) is 68.6 Å². The number of hydrogen-bond acceptors (Lipinski definition) is 13. The average Bonchev–Trinajstić information content (AvgIpc) is 3.42. The lowest BCUT2D eigenvalue weighted by atomic mass is 9.95. The summed E-state index contributed by atoms with van der Waals surface area (Å²) < 4.78 is 35.2. The van der Waals surface area contributed by atoms with E-state index in [2.05, 4.69) is 45.9 Å². The monoisotopic (exact) mass is 1230 g/mol. The number of esters is 6. The van der Waals surface area contributed by atoms with Crippen molar-refractivity contribution >= 4 is 35.8 Å². The highest BCUT2D eigenvalue weighted by molar-refractivity contribution is 5.73. The van der Waals surface area contributed by atoms with E-state index >= 15 is 0 Å². The Morgan fingerprint density at radius 1 is 0.381 bits per heavy atom. The van der Waals surface area contributed by atoms with Crippen LogP contribution in [-0.4, -0.2) is 143 Å². The first-order valence-electron chi connectivity index (χ1n) is 32.9. The molecule has 494 valence electrons. The minimum atomic E-state index is -0.844. The Kier molecular flexibility index (Phi) is 56.9. The van der Waals surface area contributed by atoms with Gasteiger partial charge in [0.05, 0.1) is 48.4 Å². The smallest absolute Gasteiger partial charge is 0.308 e. The van der Waals surface area contributed by atoms with Crippen molar-refractivity contribution in [2.45, 2.75) is 296 Å². The van der Waals surface area contributed by atoms with Gasteiger partial charge in [0.25, 0.3) is 0 Å². The maximum absolute atomic E-state index is 13.0. The zero-order valence-electron chi connectivity index (χ0n) is 54.9. The van der Waals surface area contributed by atoms with Crippen LogP contribution in [0.2, 0.25) is 0 Å². The van der Waals surface area contributed by atoms with Crippen molar-refractivity contribution < 1.29 is 96.1 Å². The van der Waals surface area contributed by atoms with Gasteiger partial charge in [-0.05, 0) is 102 Å². The highest BCUT2D eigenvalue weighted by atomic mass is 35.5. The molecular formula is C67H124Cl2N2O13. The molecule has 0 fully saturated rings. The lowest BCUT2D eigenvalue weighted by Gasteiger charge is -2.24. The third-order valence-corrected chi connectivity index (χ3v) is 14.7. The third-order valence-electron chi connectivity index (χ3n) is 14.7. The molecule has 0 aromatic carbocycles. The second-order valence-electron chi connectivity index (χ2n) is 25.1. The summed E-state index contributed by atoms with van der Waals surface area (Å²) in [5.41, 5.74) is 0. The molecule has 0 aromatic heterocycles. The molecule has 15 nitrogen and oxygen atoms in total. The standard InChI is InChI=1S/C67H124N2O13.2ClH/c1-11-14-17-18-23-32-39-52-67(81-65(75)46-37-30-26-21-19-24-28-35-42-57(4)59(44-33-15-12-2)79-63(73)50-40-48-61(71)77-55-53-68(5,6)7)82-66(76)47-38-31-27-22-20-25-29-36-43-58(70)60(45-34-16-13-3)80-64(74)51-41-49-62(72)78-56-54-69(8,9)10;;/h28-29,35-36,57-60,67,70H,11-27,30-34,37-56H2,1-10H3;2*1H/q+2;;/p-2/b35-28-,36-29-;;. The molecule has 0 aromatic rings. The number of halogens is 2. The minimum Gasteiger partial charge on any atom is -1.00 e. The summed E-state index contributed by atoms with van der Waals surface area (Å²) in [5, 5.41) is 11.0. The van der Waals surface area contributed by atoms with Gasteiger partial charge in [-0.15, -0.1) is 0 Å². The number of quaternary nitrogens is 2. The molecule has 0 saturated carbocycles. The fourth-order valence-corrected chi connectivity index (χ4v) is 9.23. The number of carbonyl (C=O) groups excluding carboxylic acids is 6. The number of carbonyl (C=O) groups is 6. The predicted molar refractivity (Wildman–Crippen MR) is 329 cm³/mol. The first-order chi connectivity index (χ1) is 39.2. The molecule has 0 aliphatic carbocycles. The Labute approximate surface area is 524 Å². The van der Waals surface area contributed by atoms with Crippen LogP contribution in [0.3, 0.4) is 0 Å². The molecule has 17 heteroatoms. The van der Waals surface area contributed by atoms with E-state index in [1.54, 1.807) is 0 Å². The summed E-state index contributed by atoms with van der Waals surface area (Å²) in [7, 11) is 12.2. The maximum Gasteiger partial charge on any atom is 0.308 e. The SMILES string of the molecule is CCCCCCCCCC(OC(=O)CCCCCCC/C=C\CC(C)C(CCCCC)OC(=O)CCCC(=O)OCC[N+](C)(C)C)OC(=O)CCCCCCC/C=C\CC(O)C(CCCCC)OC(=O)CCCC(=O)OCC[N+](C)(C)C.[Cl-].[Cl-]. The van der Waals surface area contributed by atoms with Crippen LogP contribution in [0.5, 0.6) is 0 Å². The number of nitrogens with zero attached hydrogens (tertiary/aromatic N) is 2. The Balaban J connectivity index is -0.0000328. The van der Waals surface area contributed by atoms with E-state index in [1.165, 1.54) is 25.7 Å².